The van der Waals surface area contributed by atoms with Crippen molar-refractivity contribution in [3.05, 3.63) is 23.2 Å². The summed E-state index contributed by atoms with van der Waals surface area (Å²) in [6.07, 6.45) is 1.96. The molecule has 0 bridgehead atoms. The summed E-state index contributed by atoms with van der Waals surface area (Å²) in [5, 5.41) is 0.696. The van der Waals surface area contributed by atoms with Crippen LogP contribution in [0.1, 0.15) is 12.8 Å². The van der Waals surface area contributed by atoms with Crippen molar-refractivity contribution >= 4 is 28.6 Å². The fraction of sp³-hybridized carbons (Fsp3) is 0.500. The van der Waals surface area contributed by atoms with Crippen LogP contribution >= 0.6 is 11.6 Å². The second kappa shape index (κ2) is 7.47. The minimum atomic E-state index is 0.530. The molecule has 0 unspecified atom stereocenters. The van der Waals surface area contributed by atoms with Gasteiger partial charge in [0.25, 0.3) is 0 Å². The van der Waals surface area contributed by atoms with Gasteiger partial charge in [0.05, 0.1) is 24.2 Å². The first kappa shape index (κ1) is 15.1. The number of aromatic nitrogens is 2. The van der Waals surface area contributed by atoms with Gasteiger partial charge in [-0.25, -0.2) is 4.98 Å². The molecule has 20 heavy (non-hydrogen) atoms. The average Bonchev–Trinajstić information content (AvgIpc) is 2.73. The number of rotatable bonds is 8. The molecule has 0 aliphatic carbocycles. The van der Waals surface area contributed by atoms with Crippen molar-refractivity contribution in [3.8, 4) is 0 Å². The maximum absolute atomic E-state index is 6.02. The molecule has 0 radical (unpaired) electrons. The van der Waals surface area contributed by atoms with E-state index < -0.39 is 0 Å². The maximum Gasteiger partial charge on any atom is 0.201 e. The van der Waals surface area contributed by atoms with Gasteiger partial charge in [-0.15, -0.1) is 0 Å². The molecule has 2 N–H and O–H groups in total. The highest BCUT2D eigenvalue weighted by atomic mass is 35.5. The zero-order chi connectivity index (χ0) is 14.4. The van der Waals surface area contributed by atoms with Crippen LogP contribution in [0.4, 0.5) is 5.95 Å². The Bertz CT molecular complexity index is 557. The van der Waals surface area contributed by atoms with Gasteiger partial charge in [0, 0.05) is 25.3 Å². The third kappa shape index (κ3) is 3.85. The lowest BCUT2D eigenvalue weighted by Crippen LogP contribution is -2.06. The number of nitrogen functional groups attached to an aromatic ring is 1. The fourth-order valence-corrected chi connectivity index (χ4v) is 2.23. The van der Waals surface area contributed by atoms with Gasteiger partial charge in [0.15, 0.2) is 0 Å². The molecule has 0 fully saturated rings. The predicted octanol–water partition coefficient (Wildman–Crippen LogP) is 2.72. The van der Waals surface area contributed by atoms with Gasteiger partial charge in [-0.1, -0.05) is 11.6 Å². The number of anilines is 1. The molecule has 0 atom stereocenters. The van der Waals surface area contributed by atoms with Crippen molar-refractivity contribution in [2.45, 2.75) is 19.4 Å². The number of aryl methyl sites for hydroxylation is 1. The second-order valence-corrected chi connectivity index (χ2v) is 5.00. The molecule has 0 spiro atoms. The standard InChI is InChI=1S/C14H20ClN3O2/c1-19-8-9-20-7-3-2-6-18-13-10-11(15)4-5-12(13)17-14(18)16/h4-5,10H,2-3,6-9H2,1H3,(H2,16,17). The summed E-state index contributed by atoms with van der Waals surface area (Å²) in [5.41, 5.74) is 7.80. The Morgan fingerprint density at radius 2 is 2.10 bits per heavy atom. The summed E-state index contributed by atoms with van der Waals surface area (Å²) in [6.45, 7) is 2.83. The van der Waals surface area contributed by atoms with Crippen LogP contribution in [0.25, 0.3) is 11.0 Å². The number of unbranched alkanes of at least 4 members (excludes halogenated alkanes) is 1. The van der Waals surface area contributed by atoms with Gasteiger partial charge in [-0.2, -0.15) is 0 Å². The van der Waals surface area contributed by atoms with Crippen LogP contribution < -0.4 is 5.73 Å². The number of hydrogen-bond acceptors (Lipinski definition) is 4. The summed E-state index contributed by atoms with van der Waals surface area (Å²) >= 11 is 6.02. The SMILES string of the molecule is COCCOCCCCn1c(N)nc2ccc(Cl)cc21. The maximum atomic E-state index is 6.02. The number of benzene rings is 1. The van der Waals surface area contributed by atoms with Gasteiger partial charge in [0.1, 0.15) is 0 Å². The molecule has 0 saturated carbocycles. The number of nitrogens with zero attached hydrogens (tertiary/aromatic N) is 2. The van der Waals surface area contributed by atoms with Crippen LogP contribution in [0.15, 0.2) is 18.2 Å². The normalized spacial score (nSPS) is 11.3. The van der Waals surface area contributed by atoms with Crippen LogP contribution in [0.5, 0.6) is 0 Å². The summed E-state index contributed by atoms with van der Waals surface area (Å²) in [4.78, 5) is 4.33. The van der Waals surface area contributed by atoms with Gasteiger partial charge in [-0.05, 0) is 31.0 Å². The van der Waals surface area contributed by atoms with Gasteiger partial charge >= 0.3 is 0 Å². The van der Waals surface area contributed by atoms with E-state index >= 15 is 0 Å². The number of nitrogens with two attached hydrogens (primary N) is 1. The highest BCUT2D eigenvalue weighted by Crippen LogP contribution is 2.22. The Hall–Kier alpha value is -1.30. The van der Waals surface area contributed by atoms with E-state index in [2.05, 4.69) is 4.98 Å². The molecule has 0 saturated heterocycles. The number of hydrogen-bond donors (Lipinski definition) is 1. The number of fused-ring (bicyclic) bond motifs is 1. The molecular formula is C14H20ClN3O2. The fourth-order valence-electron chi connectivity index (χ4n) is 2.07. The Labute approximate surface area is 123 Å². The van der Waals surface area contributed by atoms with Crippen LogP contribution in [0.2, 0.25) is 5.02 Å². The van der Waals surface area contributed by atoms with Crippen molar-refractivity contribution in [1.82, 2.24) is 9.55 Å². The van der Waals surface area contributed by atoms with E-state index in [4.69, 9.17) is 26.8 Å². The molecule has 2 rings (SSSR count). The predicted molar refractivity (Wildman–Crippen MR) is 81.1 cm³/mol. The summed E-state index contributed by atoms with van der Waals surface area (Å²) in [6, 6.07) is 5.61. The minimum Gasteiger partial charge on any atom is -0.382 e. The van der Waals surface area contributed by atoms with Gasteiger partial charge in [-0.3, -0.25) is 0 Å². The molecule has 6 heteroatoms. The van der Waals surface area contributed by atoms with Crippen molar-refractivity contribution in [1.29, 1.82) is 0 Å². The average molecular weight is 298 g/mol. The van der Waals surface area contributed by atoms with Gasteiger partial charge in [0.2, 0.25) is 5.95 Å². The van der Waals surface area contributed by atoms with Crippen molar-refractivity contribution in [2.24, 2.45) is 0 Å². The summed E-state index contributed by atoms with van der Waals surface area (Å²) in [5.74, 6) is 0.530. The molecule has 1 aromatic carbocycles. The minimum absolute atomic E-state index is 0.530. The number of imidazole rings is 1. The zero-order valence-corrected chi connectivity index (χ0v) is 12.4. The van der Waals surface area contributed by atoms with Crippen LogP contribution in [-0.4, -0.2) is 36.5 Å². The lowest BCUT2D eigenvalue weighted by molar-refractivity contribution is 0.0684. The van der Waals surface area contributed by atoms with Crippen molar-refractivity contribution in [2.75, 3.05) is 32.7 Å². The van der Waals surface area contributed by atoms with E-state index in [1.807, 2.05) is 22.8 Å². The third-order valence-electron chi connectivity index (χ3n) is 3.09. The quantitative estimate of drug-likeness (QED) is 0.761. The molecule has 1 heterocycles. The highest BCUT2D eigenvalue weighted by molar-refractivity contribution is 6.31. The van der Waals surface area contributed by atoms with E-state index in [0.29, 0.717) is 24.2 Å². The first-order chi connectivity index (χ1) is 9.72. The number of methoxy groups -OCH3 is 1. The van der Waals surface area contributed by atoms with E-state index in [-0.39, 0.29) is 0 Å². The monoisotopic (exact) mass is 297 g/mol. The van der Waals surface area contributed by atoms with Crippen LogP contribution in [0, 0.1) is 0 Å². The van der Waals surface area contributed by atoms with E-state index in [1.165, 1.54) is 0 Å². The Balaban J connectivity index is 1.86. The van der Waals surface area contributed by atoms with Crippen LogP contribution in [0.3, 0.4) is 0 Å². The third-order valence-corrected chi connectivity index (χ3v) is 3.33. The van der Waals surface area contributed by atoms with E-state index in [1.54, 1.807) is 7.11 Å². The molecular weight excluding hydrogens is 278 g/mol. The second-order valence-electron chi connectivity index (χ2n) is 4.57. The lowest BCUT2D eigenvalue weighted by Gasteiger charge is -2.07. The lowest BCUT2D eigenvalue weighted by atomic mass is 10.3. The molecule has 0 amide bonds. The molecule has 0 aliphatic heterocycles. The largest absolute Gasteiger partial charge is 0.382 e. The van der Waals surface area contributed by atoms with Crippen molar-refractivity contribution in [3.63, 3.8) is 0 Å². The molecule has 5 nitrogen and oxygen atoms in total. The van der Waals surface area contributed by atoms with Crippen LogP contribution in [-0.2, 0) is 16.0 Å². The molecule has 0 aliphatic rings. The molecule has 2 aromatic rings. The van der Waals surface area contributed by atoms with Gasteiger partial charge < -0.3 is 19.8 Å². The Kier molecular flexibility index (Phi) is 5.64. The number of halogens is 1. The Morgan fingerprint density at radius 3 is 2.90 bits per heavy atom. The topological polar surface area (TPSA) is 62.3 Å². The highest BCUT2D eigenvalue weighted by Gasteiger charge is 2.08. The smallest absolute Gasteiger partial charge is 0.201 e. The van der Waals surface area contributed by atoms with E-state index in [0.717, 1.165) is 37.0 Å². The number of ether oxygens (including phenoxy) is 2. The summed E-state index contributed by atoms with van der Waals surface area (Å²) < 4.78 is 12.3. The molecule has 110 valence electrons. The van der Waals surface area contributed by atoms with Crippen molar-refractivity contribution < 1.29 is 9.47 Å². The molecule has 1 aromatic heterocycles. The first-order valence-corrected chi connectivity index (χ1v) is 7.08. The first-order valence-electron chi connectivity index (χ1n) is 6.70. The Morgan fingerprint density at radius 1 is 1.25 bits per heavy atom. The zero-order valence-electron chi connectivity index (χ0n) is 11.6. The van der Waals surface area contributed by atoms with E-state index in [9.17, 15) is 0 Å². The summed E-state index contributed by atoms with van der Waals surface area (Å²) in [7, 11) is 1.67.